The maximum atomic E-state index is 13.8. The summed E-state index contributed by atoms with van der Waals surface area (Å²) in [5.41, 5.74) is 5.90. The molecule has 1 unspecified atom stereocenters. The highest BCUT2D eigenvalue weighted by Crippen LogP contribution is 2.28. The second-order valence-corrected chi connectivity index (χ2v) is 9.53. The molecule has 0 fully saturated rings. The van der Waals surface area contributed by atoms with Gasteiger partial charge in [-0.15, -0.1) is 0 Å². The molecule has 0 saturated carbocycles. The van der Waals surface area contributed by atoms with Gasteiger partial charge in [0.2, 0.25) is 10.0 Å². The van der Waals surface area contributed by atoms with Crippen molar-refractivity contribution in [3.05, 3.63) is 58.1 Å². The van der Waals surface area contributed by atoms with Gasteiger partial charge in [-0.3, -0.25) is 0 Å². The minimum Gasteiger partial charge on any atom is -0.370 e. The average molecular weight is 405 g/mol. The zero-order valence-corrected chi connectivity index (χ0v) is 17.9. The molecule has 0 bridgehead atoms. The van der Waals surface area contributed by atoms with Crippen molar-refractivity contribution in [3.8, 4) is 0 Å². The molecule has 152 valence electrons. The van der Waals surface area contributed by atoms with Crippen LogP contribution < -0.4 is 9.62 Å². The zero-order chi connectivity index (χ0) is 20.5. The standard InChI is InChI=1S/C22H29FN2O2S/c1-15-7-8-21-19(12-15)6-5-9-25(21)14-20(13-23)24-28(26,27)22-17(3)10-16(2)11-18(22)4/h7-8,10-12,20,24H,5-6,9,13-14H2,1-4H3. The van der Waals surface area contributed by atoms with Crippen molar-refractivity contribution in [2.24, 2.45) is 0 Å². The van der Waals surface area contributed by atoms with E-state index in [1.165, 1.54) is 11.1 Å². The Kier molecular flexibility index (Phi) is 6.10. The number of aryl methyl sites for hydroxylation is 5. The van der Waals surface area contributed by atoms with Crippen LogP contribution in [0.5, 0.6) is 0 Å². The van der Waals surface area contributed by atoms with E-state index >= 15 is 0 Å². The molecule has 2 aromatic carbocycles. The van der Waals surface area contributed by atoms with Crippen LogP contribution >= 0.6 is 0 Å². The summed E-state index contributed by atoms with van der Waals surface area (Å²) in [6, 6.07) is 9.16. The van der Waals surface area contributed by atoms with Crippen molar-refractivity contribution < 1.29 is 12.8 Å². The van der Waals surface area contributed by atoms with Gasteiger partial charge in [-0.2, -0.15) is 0 Å². The molecule has 28 heavy (non-hydrogen) atoms. The first kappa shape index (κ1) is 20.8. The molecule has 1 aliphatic rings. The minimum atomic E-state index is -3.80. The molecule has 2 aromatic rings. The number of fused-ring (bicyclic) bond motifs is 1. The molecule has 0 aromatic heterocycles. The fraction of sp³-hybridized carbons (Fsp3) is 0.455. The number of hydrogen-bond acceptors (Lipinski definition) is 3. The molecule has 1 aliphatic heterocycles. The van der Waals surface area contributed by atoms with Gasteiger partial charge in [-0.05, 0) is 63.3 Å². The summed E-state index contributed by atoms with van der Waals surface area (Å²) in [6.07, 6.45) is 1.99. The summed E-state index contributed by atoms with van der Waals surface area (Å²) in [4.78, 5) is 2.35. The highest BCUT2D eigenvalue weighted by Gasteiger charge is 2.27. The number of nitrogens with zero attached hydrogens (tertiary/aromatic N) is 1. The highest BCUT2D eigenvalue weighted by molar-refractivity contribution is 7.89. The number of hydrogen-bond donors (Lipinski definition) is 1. The first-order chi connectivity index (χ1) is 13.2. The van der Waals surface area contributed by atoms with Gasteiger partial charge in [0.25, 0.3) is 0 Å². The van der Waals surface area contributed by atoms with Gasteiger partial charge in [0.05, 0.1) is 10.9 Å². The van der Waals surface area contributed by atoms with Crippen LogP contribution in [0.3, 0.4) is 0 Å². The van der Waals surface area contributed by atoms with E-state index in [4.69, 9.17) is 0 Å². The summed E-state index contributed by atoms with van der Waals surface area (Å²) in [5, 5.41) is 0. The Labute approximate surface area is 167 Å². The van der Waals surface area contributed by atoms with Gasteiger partial charge < -0.3 is 4.90 Å². The Balaban J connectivity index is 1.82. The van der Waals surface area contributed by atoms with E-state index in [9.17, 15) is 12.8 Å². The van der Waals surface area contributed by atoms with Crippen LogP contribution in [0, 0.1) is 27.7 Å². The van der Waals surface area contributed by atoms with Crippen molar-refractivity contribution in [1.82, 2.24) is 4.72 Å². The van der Waals surface area contributed by atoms with Crippen molar-refractivity contribution in [2.45, 2.75) is 51.5 Å². The number of benzene rings is 2. The van der Waals surface area contributed by atoms with Gasteiger partial charge in [-0.1, -0.05) is 35.4 Å². The molecule has 0 aliphatic carbocycles. The fourth-order valence-corrected chi connectivity index (χ4v) is 5.91. The van der Waals surface area contributed by atoms with E-state index in [-0.39, 0.29) is 4.90 Å². The van der Waals surface area contributed by atoms with Crippen molar-refractivity contribution in [2.75, 3.05) is 24.7 Å². The third kappa shape index (κ3) is 4.39. The Morgan fingerprint density at radius 3 is 2.39 bits per heavy atom. The molecule has 1 heterocycles. The summed E-state index contributed by atoms with van der Waals surface area (Å²) < 4.78 is 42.4. The van der Waals surface area contributed by atoms with Crippen LogP contribution in [-0.2, 0) is 16.4 Å². The number of halogens is 1. The maximum absolute atomic E-state index is 13.8. The van der Waals surface area contributed by atoms with E-state index in [2.05, 4.69) is 28.7 Å². The van der Waals surface area contributed by atoms with Crippen molar-refractivity contribution in [1.29, 1.82) is 0 Å². The van der Waals surface area contributed by atoms with Gasteiger partial charge in [0.15, 0.2) is 0 Å². The lowest BCUT2D eigenvalue weighted by atomic mass is 9.99. The van der Waals surface area contributed by atoms with Crippen LogP contribution in [-0.4, -0.2) is 34.2 Å². The van der Waals surface area contributed by atoms with Crippen LogP contribution in [0.25, 0.3) is 0 Å². The lowest BCUT2D eigenvalue weighted by Crippen LogP contribution is -2.46. The van der Waals surface area contributed by atoms with Gasteiger partial charge >= 0.3 is 0 Å². The van der Waals surface area contributed by atoms with E-state index in [0.29, 0.717) is 17.7 Å². The highest BCUT2D eigenvalue weighted by atomic mass is 32.2. The molecule has 4 nitrogen and oxygen atoms in total. The van der Waals surface area contributed by atoms with Gasteiger partial charge in [-0.25, -0.2) is 17.5 Å². The van der Waals surface area contributed by atoms with E-state index in [1.807, 2.05) is 25.1 Å². The number of alkyl halides is 1. The number of nitrogens with one attached hydrogen (secondary N) is 1. The van der Waals surface area contributed by atoms with E-state index < -0.39 is 22.7 Å². The molecular weight excluding hydrogens is 375 g/mol. The molecule has 6 heteroatoms. The predicted octanol–water partition coefficient (Wildman–Crippen LogP) is 3.99. The second kappa shape index (κ2) is 8.21. The molecule has 0 radical (unpaired) electrons. The lowest BCUT2D eigenvalue weighted by Gasteiger charge is -2.34. The van der Waals surface area contributed by atoms with Gasteiger partial charge in [0.1, 0.15) is 6.67 Å². The first-order valence-corrected chi connectivity index (χ1v) is 11.2. The number of rotatable bonds is 6. The summed E-state index contributed by atoms with van der Waals surface area (Å²) >= 11 is 0. The van der Waals surface area contributed by atoms with Crippen LogP contribution in [0.2, 0.25) is 0 Å². The van der Waals surface area contributed by atoms with Crippen LogP contribution in [0.15, 0.2) is 35.2 Å². The van der Waals surface area contributed by atoms with Crippen LogP contribution in [0.4, 0.5) is 10.1 Å². The fourth-order valence-electron chi connectivity index (χ4n) is 4.25. The lowest BCUT2D eigenvalue weighted by molar-refractivity contribution is 0.401. The smallest absolute Gasteiger partial charge is 0.241 e. The topological polar surface area (TPSA) is 49.4 Å². The molecule has 1 atom stereocenters. The van der Waals surface area contributed by atoms with E-state index in [0.717, 1.165) is 30.6 Å². The largest absolute Gasteiger partial charge is 0.370 e. The van der Waals surface area contributed by atoms with E-state index in [1.54, 1.807) is 13.8 Å². The Morgan fingerprint density at radius 1 is 1.07 bits per heavy atom. The van der Waals surface area contributed by atoms with Crippen molar-refractivity contribution in [3.63, 3.8) is 0 Å². The molecular formula is C22H29FN2O2S. The third-order valence-electron chi connectivity index (χ3n) is 5.27. The Hall–Kier alpha value is -1.92. The molecule has 3 rings (SSSR count). The SMILES string of the molecule is Cc1cc(C)c(S(=O)(=O)NC(CF)CN2CCCc3cc(C)ccc32)c(C)c1. The van der Waals surface area contributed by atoms with Crippen LogP contribution in [0.1, 0.15) is 34.2 Å². The molecule has 1 N–H and O–H groups in total. The molecule has 0 amide bonds. The summed E-state index contributed by atoms with van der Waals surface area (Å²) in [7, 11) is -3.80. The predicted molar refractivity (Wildman–Crippen MR) is 112 cm³/mol. The molecule has 0 saturated heterocycles. The number of anilines is 1. The molecule has 0 spiro atoms. The number of sulfonamides is 1. The average Bonchev–Trinajstić information content (AvgIpc) is 2.59. The summed E-state index contributed by atoms with van der Waals surface area (Å²) in [5.74, 6) is 0. The zero-order valence-electron chi connectivity index (χ0n) is 17.0. The Bertz CT molecular complexity index is 949. The maximum Gasteiger partial charge on any atom is 0.241 e. The summed E-state index contributed by atoms with van der Waals surface area (Å²) in [6.45, 7) is 7.92. The monoisotopic (exact) mass is 404 g/mol. The Morgan fingerprint density at radius 2 is 1.75 bits per heavy atom. The minimum absolute atomic E-state index is 0.256. The first-order valence-electron chi connectivity index (χ1n) is 9.72. The quantitative estimate of drug-likeness (QED) is 0.792. The van der Waals surface area contributed by atoms with Crippen molar-refractivity contribution >= 4 is 15.7 Å². The normalized spacial score (nSPS) is 15.4. The van der Waals surface area contributed by atoms with Gasteiger partial charge in [0, 0.05) is 18.8 Å². The third-order valence-corrected chi connectivity index (χ3v) is 7.10. The second-order valence-electron chi connectivity index (χ2n) is 7.88.